The van der Waals surface area contributed by atoms with Crippen molar-refractivity contribution in [3.8, 4) is 0 Å². The number of hydrazone groups is 1. The van der Waals surface area contributed by atoms with Crippen molar-refractivity contribution in [2.24, 2.45) is 10.2 Å². The maximum absolute atomic E-state index is 11.3. The normalized spacial score (nSPS) is 11.5. The Bertz CT molecular complexity index is 944. The van der Waals surface area contributed by atoms with E-state index in [-0.39, 0.29) is 17.2 Å². The largest absolute Gasteiger partial charge is 0.395 e. The number of nitrogens with two attached hydrogens (primary N) is 1. The lowest BCUT2D eigenvalue weighted by molar-refractivity contribution is -0.384. The van der Waals surface area contributed by atoms with E-state index < -0.39 is 20.6 Å². The first-order chi connectivity index (χ1) is 12.7. The molecule has 2 aromatic carbocycles. The van der Waals surface area contributed by atoms with Crippen LogP contribution < -0.4 is 15.5 Å². The quantitative estimate of drug-likeness (QED) is 0.345. The van der Waals surface area contributed by atoms with E-state index >= 15 is 0 Å². The second kappa shape index (κ2) is 8.58. The average Bonchev–Trinajstić information content (AvgIpc) is 2.61. The topological polar surface area (TPSA) is 151 Å². The monoisotopic (exact) mass is 393 g/mol. The number of sulfonamides is 1. The fraction of sp³-hybridized carbons (Fsp3) is 0.188. The molecule has 10 nitrogen and oxygen atoms in total. The van der Waals surface area contributed by atoms with Gasteiger partial charge in [-0.25, -0.2) is 13.6 Å². The molecule has 2 rings (SSSR count). The van der Waals surface area contributed by atoms with Crippen molar-refractivity contribution >= 4 is 33.3 Å². The van der Waals surface area contributed by atoms with Gasteiger partial charge in [0.1, 0.15) is 5.69 Å². The first-order valence-corrected chi connectivity index (χ1v) is 9.29. The van der Waals surface area contributed by atoms with Crippen molar-refractivity contribution in [1.82, 2.24) is 0 Å². The number of hydrogen-bond donors (Lipinski definition) is 3. The highest BCUT2D eigenvalue weighted by molar-refractivity contribution is 7.89. The Labute approximate surface area is 156 Å². The molecule has 0 radical (unpaired) electrons. The molecule has 0 amide bonds. The summed E-state index contributed by atoms with van der Waals surface area (Å²) >= 11 is 0. The van der Waals surface area contributed by atoms with Gasteiger partial charge < -0.3 is 10.0 Å². The van der Waals surface area contributed by atoms with Crippen molar-refractivity contribution in [3.05, 3.63) is 58.1 Å². The van der Waals surface area contributed by atoms with Crippen LogP contribution in [0.4, 0.5) is 17.1 Å². The summed E-state index contributed by atoms with van der Waals surface area (Å²) in [5.41, 5.74) is 3.76. The zero-order chi connectivity index (χ0) is 20.0. The van der Waals surface area contributed by atoms with Gasteiger partial charge in [-0.05, 0) is 29.8 Å². The summed E-state index contributed by atoms with van der Waals surface area (Å²) in [4.78, 5) is 11.9. The van der Waals surface area contributed by atoms with E-state index in [0.29, 0.717) is 6.54 Å². The van der Waals surface area contributed by atoms with Gasteiger partial charge in [0.15, 0.2) is 0 Å². The lowest BCUT2D eigenvalue weighted by Crippen LogP contribution is -2.20. The molecule has 11 heteroatoms. The Hall–Kier alpha value is -3.02. The molecule has 0 heterocycles. The molecule has 0 unspecified atom stereocenters. The molecular weight excluding hydrogens is 374 g/mol. The lowest BCUT2D eigenvalue weighted by atomic mass is 10.2. The van der Waals surface area contributed by atoms with Crippen molar-refractivity contribution in [2.75, 3.05) is 30.5 Å². The van der Waals surface area contributed by atoms with Crippen LogP contribution in [0.1, 0.15) is 5.56 Å². The second-order valence-corrected chi connectivity index (χ2v) is 7.15. The highest BCUT2D eigenvalue weighted by Gasteiger charge is 2.18. The van der Waals surface area contributed by atoms with E-state index in [9.17, 15) is 18.5 Å². The van der Waals surface area contributed by atoms with Crippen LogP contribution in [0.3, 0.4) is 0 Å². The van der Waals surface area contributed by atoms with E-state index in [2.05, 4.69) is 10.5 Å². The van der Waals surface area contributed by atoms with Crippen LogP contribution in [0.5, 0.6) is 0 Å². The van der Waals surface area contributed by atoms with Crippen LogP contribution in [-0.2, 0) is 10.0 Å². The van der Waals surface area contributed by atoms with Gasteiger partial charge in [-0.2, -0.15) is 5.10 Å². The zero-order valence-electron chi connectivity index (χ0n) is 14.4. The molecule has 0 saturated carbocycles. The van der Waals surface area contributed by atoms with Crippen LogP contribution in [0.2, 0.25) is 0 Å². The zero-order valence-corrected chi connectivity index (χ0v) is 15.3. The number of nitro groups is 1. The van der Waals surface area contributed by atoms with Gasteiger partial charge in [0, 0.05) is 25.3 Å². The third-order valence-corrected chi connectivity index (χ3v) is 4.57. The van der Waals surface area contributed by atoms with Gasteiger partial charge in [0.05, 0.1) is 22.6 Å². The van der Waals surface area contributed by atoms with Crippen LogP contribution in [-0.4, -0.2) is 44.9 Å². The number of nitro benzene ring substituents is 1. The summed E-state index contributed by atoms with van der Waals surface area (Å²) in [6, 6.07) is 10.5. The minimum Gasteiger partial charge on any atom is -0.395 e. The molecule has 144 valence electrons. The van der Waals surface area contributed by atoms with Crippen molar-refractivity contribution in [3.63, 3.8) is 0 Å². The molecule has 0 saturated heterocycles. The highest BCUT2D eigenvalue weighted by Crippen LogP contribution is 2.27. The number of benzene rings is 2. The average molecular weight is 393 g/mol. The van der Waals surface area contributed by atoms with Crippen LogP contribution in [0.15, 0.2) is 52.5 Å². The summed E-state index contributed by atoms with van der Waals surface area (Å²) in [5, 5.41) is 29.0. The van der Waals surface area contributed by atoms with Gasteiger partial charge in [0.2, 0.25) is 10.0 Å². The maximum atomic E-state index is 11.3. The highest BCUT2D eigenvalue weighted by atomic mass is 32.2. The van der Waals surface area contributed by atoms with Crippen LogP contribution >= 0.6 is 0 Å². The Kier molecular flexibility index (Phi) is 6.45. The minimum absolute atomic E-state index is 0.0305. The van der Waals surface area contributed by atoms with Crippen LogP contribution in [0.25, 0.3) is 0 Å². The Balaban J connectivity index is 2.15. The van der Waals surface area contributed by atoms with E-state index in [1.54, 1.807) is 12.1 Å². The standard InChI is InChI=1S/C16H19N5O5S/c1-20(8-9-22)13-4-2-12(3-5-13)11-18-19-15-7-6-14(27(17,25)26)10-16(15)21(23)24/h2-7,10-11,19,22H,8-9H2,1H3,(H2,17,25,26)/b18-11+. The number of likely N-dealkylation sites (N-methyl/N-ethyl adjacent to an activating group) is 1. The van der Waals surface area contributed by atoms with Crippen molar-refractivity contribution in [2.45, 2.75) is 4.90 Å². The van der Waals surface area contributed by atoms with Crippen LogP contribution in [0, 0.1) is 10.1 Å². The van der Waals surface area contributed by atoms with Gasteiger partial charge >= 0.3 is 0 Å². The Morgan fingerprint density at radius 3 is 2.52 bits per heavy atom. The molecule has 4 N–H and O–H groups in total. The predicted octanol–water partition coefficient (Wildman–Crippen LogP) is 1.12. The minimum atomic E-state index is -4.04. The van der Waals surface area contributed by atoms with E-state index in [1.165, 1.54) is 12.3 Å². The lowest BCUT2D eigenvalue weighted by Gasteiger charge is -2.17. The Morgan fingerprint density at radius 1 is 1.30 bits per heavy atom. The van der Waals surface area contributed by atoms with Crippen molar-refractivity contribution < 1.29 is 18.4 Å². The number of aliphatic hydroxyl groups is 1. The fourth-order valence-electron chi connectivity index (χ4n) is 2.20. The molecule has 0 aliphatic rings. The maximum Gasteiger partial charge on any atom is 0.295 e. The number of anilines is 2. The second-order valence-electron chi connectivity index (χ2n) is 5.59. The predicted molar refractivity (Wildman–Crippen MR) is 102 cm³/mol. The van der Waals surface area contributed by atoms with Crippen molar-refractivity contribution in [1.29, 1.82) is 0 Å². The molecule has 0 aliphatic heterocycles. The molecule has 0 aliphatic carbocycles. The van der Waals surface area contributed by atoms with Gasteiger partial charge in [-0.15, -0.1) is 0 Å². The molecule has 0 bridgehead atoms. The molecule has 0 fully saturated rings. The van der Waals surface area contributed by atoms with E-state index in [1.807, 2.05) is 24.1 Å². The number of primary sulfonamides is 1. The first-order valence-electron chi connectivity index (χ1n) is 7.75. The summed E-state index contributed by atoms with van der Waals surface area (Å²) < 4.78 is 22.6. The van der Waals surface area contributed by atoms with Gasteiger partial charge in [-0.1, -0.05) is 12.1 Å². The third kappa shape index (κ3) is 5.48. The summed E-state index contributed by atoms with van der Waals surface area (Å²) in [6.07, 6.45) is 1.47. The van der Waals surface area contributed by atoms with Gasteiger partial charge in [-0.3, -0.25) is 15.5 Å². The molecule has 0 atom stereocenters. The number of nitrogens with zero attached hydrogens (tertiary/aromatic N) is 3. The first kappa shape index (κ1) is 20.3. The molecule has 2 aromatic rings. The molecular formula is C16H19N5O5S. The number of hydrogen-bond acceptors (Lipinski definition) is 8. The number of nitrogens with one attached hydrogen (secondary N) is 1. The van der Waals surface area contributed by atoms with E-state index in [4.69, 9.17) is 10.2 Å². The fourth-order valence-corrected chi connectivity index (χ4v) is 2.74. The molecule has 27 heavy (non-hydrogen) atoms. The summed E-state index contributed by atoms with van der Waals surface area (Å²) in [7, 11) is -2.19. The number of aliphatic hydroxyl groups excluding tert-OH is 1. The number of rotatable bonds is 8. The smallest absolute Gasteiger partial charge is 0.295 e. The SMILES string of the molecule is CN(CCO)c1ccc(/C=N/Nc2ccc(S(N)(=O)=O)cc2[N+](=O)[O-])cc1. The Morgan fingerprint density at radius 2 is 1.96 bits per heavy atom. The van der Waals surface area contributed by atoms with Gasteiger partial charge in [0.25, 0.3) is 5.69 Å². The summed E-state index contributed by atoms with van der Waals surface area (Å²) in [5.74, 6) is 0. The molecule has 0 spiro atoms. The summed E-state index contributed by atoms with van der Waals surface area (Å²) in [6.45, 7) is 0.555. The third-order valence-electron chi connectivity index (χ3n) is 3.66. The van der Waals surface area contributed by atoms with E-state index in [0.717, 1.165) is 23.4 Å². The molecule has 0 aromatic heterocycles.